The second-order valence-electron chi connectivity index (χ2n) is 6.20. The van der Waals surface area contributed by atoms with E-state index in [1.165, 1.54) is 0 Å². The molecule has 1 N–H and O–H groups in total. The van der Waals surface area contributed by atoms with E-state index in [0.29, 0.717) is 22.8 Å². The van der Waals surface area contributed by atoms with Crippen molar-refractivity contribution < 1.29 is 4.79 Å². The minimum Gasteiger partial charge on any atom is -0.348 e. The number of rotatable bonds is 4. The van der Waals surface area contributed by atoms with Crippen molar-refractivity contribution in [2.24, 2.45) is 0 Å². The summed E-state index contributed by atoms with van der Waals surface area (Å²) < 4.78 is 1.68. The van der Waals surface area contributed by atoms with Crippen LogP contribution >= 0.6 is 11.6 Å². The van der Waals surface area contributed by atoms with Crippen molar-refractivity contribution in [1.29, 1.82) is 0 Å². The Bertz CT molecular complexity index is 1120. The standard InChI is InChI=1S/C21H17ClN4O/c1-14-17(21(27)24-12-15-7-3-2-4-8-15)13-23-20-11-19(25-26(14)20)16-9-5-6-10-18(16)22/h2-11,13H,12H2,1H3,(H,24,27). The zero-order valence-corrected chi connectivity index (χ0v) is 15.4. The van der Waals surface area contributed by atoms with Crippen LogP contribution in [0.1, 0.15) is 21.6 Å². The van der Waals surface area contributed by atoms with Crippen LogP contribution in [0, 0.1) is 6.92 Å². The predicted octanol–water partition coefficient (Wildman–Crippen LogP) is 4.29. The molecule has 0 atom stereocenters. The Morgan fingerprint density at radius 3 is 2.63 bits per heavy atom. The largest absolute Gasteiger partial charge is 0.348 e. The Kier molecular flexibility index (Phi) is 4.60. The number of hydrogen-bond donors (Lipinski definition) is 1. The molecule has 4 rings (SSSR count). The smallest absolute Gasteiger partial charge is 0.254 e. The molecule has 0 unspecified atom stereocenters. The fourth-order valence-corrected chi connectivity index (χ4v) is 3.18. The predicted molar refractivity (Wildman–Crippen MR) is 106 cm³/mol. The Morgan fingerprint density at radius 2 is 1.85 bits per heavy atom. The molecule has 0 bridgehead atoms. The molecule has 1 amide bonds. The first kappa shape index (κ1) is 17.2. The van der Waals surface area contributed by atoms with Gasteiger partial charge in [0.2, 0.25) is 0 Å². The highest BCUT2D eigenvalue weighted by Crippen LogP contribution is 2.27. The number of nitrogens with zero attached hydrogens (tertiary/aromatic N) is 3. The van der Waals surface area contributed by atoms with Crippen molar-refractivity contribution in [2.75, 3.05) is 0 Å². The number of fused-ring (bicyclic) bond motifs is 1. The molecule has 0 saturated carbocycles. The summed E-state index contributed by atoms with van der Waals surface area (Å²) in [5.41, 5.74) is 4.48. The third kappa shape index (κ3) is 3.41. The zero-order valence-electron chi connectivity index (χ0n) is 14.7. The molecule has 2 aromatic heterocycles. The normalized spacial score (nSPS) is 10.9. The summed E-state index contributed by atoms with van der Waals surface area (Å²) >= 11 is 6.27. The van der Waals surface area contributed by atoms with Gasteiger partial charge in [-0.15, -0.1) is 0 Å². The number of carbonyl (C=O) groups is 1. The van der Waals surface area contributed by atoms with Crippen LogP contribution in [-0.4, -0.2) is 20.5 Å². The van der Waals surface area contributed by atoms with E-state index >= 15 is 0 Å². The molecule has 2 aromatic carbocycles. The van der Waals surface area contributed by atoms with Gasteiger partial charge in [0.25, 0.3) is 5.91 Å². The number of halogens is 1. The lowest BCUT2D eigenvalue weighted by Gasteiger charge is -2.08. The average molecular weight is 377 g/mol. The first-order valence-corrected chi connectivity index (χ1v) is 8.93. The molecular weight excluding hydrogens is 360 g/mol. The van der Waals surface area contributed by atoms with E-state index in [-0.39, 0.29) is 5.91 Å². The summed E-state index contributed by atoms with van der Waals surface area (Å²) in [5, 5.41) is 8.15. The van der Waals surface area contributed by atoms with Crippen molar-refractivity contribution >= 4 is 23.2 Å². The Morgan fingerprint density at radius 1 is 1.11 bits per heavy atom. The highest BCUT2D eigenvalue weighted by atomic mass is 35.5. The van der Waals surface area contributed by atoms with E-state index in [4.69, 9.17) is 11.6 Å². The van der Waals surface area contributed by atoms with Gasteiger partial charge in [0.1, 0.15) is 0 Å². The molecule has 2 heterocycles. The van der Waals surface area contributed by atoms with Gasteiger partial charge < -0.3 is 5.32 Å². The van der Waals surface area contributed by atoms with Gasteiger partial charge in [0.15, 0.2) is 5.65 Å². The molecule has 5 nitrogen and oxygen atoms in total. The van der Waals surface area contributed by atoms with E-state index < -0.39 is 0 Å². The summed E-state index contributed by atoms with van der Waals surface area (Å²) in [5.74, 6) is -0.180. The van der Waals surface area contributed by atoms with Crippen LogP contribution in [0.15, 0.2) is 66.9 Å². The van der Waals surface area contributed by atoms with Gasteiger partial charge in [-0.05, 0) is 18.6 Å². The maximum absolute atomic E-state index is 12.6. The van der Waals surface area contributed by atoms with Gasteiger partial charge in [-0.3, -0.25) is 4.79 Å². The highest BCUT2D eigenvalue weighted by Gasteiger charge is 2.15. The van der Waals surface area contributed by atoms with Crippen LogP contribution in [0.2, 0.25) is 5.02 Å². The van der Waals surface area contributed by atoms with Crippen molar-refractivity contribution in [3.05, 3.63) is 88.7 Å². The minimum atomic E-state index is -0.180. The van der Waals surface area contributed by atoms with Crippen LogP contribution in [0.5, 0.6) is 0 Å². The summed E-state index contributed by atoms with van der Waals surface area (Å²) in [4.78, 5) is 17.0. The molecule has 0 fully saturated rings. The lowest BCUT2D eigenvalue weighted by atomic mass is 10.1. The van der Waals surface area contributed by atoms with Gasteiger partial charge in [0, 0.05) is 24.4 Å². The number of nitrogens with one attached hydrogen (secondary N) is 1. The van der Waals surface area contributed by atoms with E-state index in [0.717, 1.165) is 22.5 Å². The summed E-state index contributed by atoms with van der Waals surface area (Å²) in [6.45, 7) is 2.32. The van der Waals surface area contributed by atoms with E-state index in [1.54, 1.807) is 10.7 Å². The third-order valence-electron chi connectivity index (χ3n) is 4.41. The van der Waals surface area contributed by atoms with Crippen LogP contribution < -0.4 is 5.32 Å². The fourth-order valence-electron chi connectivity index (χ4n) is 2.95. The van der Waals surface area contributed by atoms with Crippen molar-refractivity contribution in [1.82, 2.24) is 19.9 Å². The summed E-state index contributed by atoms with van der Waals surface area (Å²) in [6.07, 6.45) is 1.59. The molecule has 0 spiro atoms. The number of carbonyl (C=O) groups excluding carboxylic acids is 1. The second-order valence-corrected chi connectivity index (χ2v) is 6.61. The molecule has 6 heteroatoms. The topological polar surface area (TPSA) is 59.3 Å². The number of benzene rings is 2. The van der Waals surface area contributed by atoms with Crippen LogP contribution in [0.4, 0.5) is 0 Å². The van der Waals surface area contributed by atoms with Gasteiger partial charge in [-0.25, -0.2) is 9.50 Å². The Hall–Kier alpha value is -3.18. The van der Waals surface area contributed by atoms with Crippen LogP contribution in [0.3, 0.4) is 0 Å². The van der Waals surface area contributed by atoms with Crippen LogP contribution in [-0.2, 0) is 6.54 Å². The Balaban J connectivity index is 1.64. The Labute approximate surface area is 161 Å². The summed E-state index contributed by atoms with van der Waals surface area (Å²) in [6, 6.07) is 19.2. The molecule has 4 aromatic rings. The highest BCUT2D eigenvalue weighted by molar-refractivity contribution is 6.33. The van der Waals surface area contributed by atoms with Crippen molar-refractivity contribution in [3.8, 4) is 11.3 Å². The second kappa shape index (κ2) is 7.21. The fraction of sp³-hybridized carbons (Fsp3) is 0.0952. The van der Waals surface area contributed by atoms with E-state index in [1.807, 2.05) is 67.6 Å². The average Bonchev–Trinajstić information content (AvgIpc) is 3.12. The quantitative estimate of drug-likeness (QED) is 0.578. The van der Waals surface area contributed by atoms with Gasteiger partial charge in [-0.2, -0.15) is 5.10 Å². The number of aromatic nitrogens is 3. The monoisotopic (exact) mass is 376 g/mol. The lowest BCUT2D eigenvalue weighted by Crippen LogP contribution is -2.24. The minimum absolute atomic E-state index is 0.180. The number of amides is 1. The number of aryl methyl sites for hydroxylation is 1. The third-order valence-corrected chi connectivity index (χ3v) is 4.74. The molecular formula is C21H17ClN4O. The lowest BCUT2D eigenvalue weighted by molar-refractivity contribution is 0.0949. The maximum Gasteiger partial charge on any atom is 0.254 e. The van der Waals surface area contributed by atoms with E-state index in [9.17, 15) is 4.79 Å². The first-order chi connectivity index (χ1) is 13.1. The molecule has 0 radical (unpaired) electrons. The van der Waals surface area contributed by atoms with Gasteiger partial charge in [0.05, 0.1) is 22.0 Å². The van der Waals surface area contributed by atoms with E-state index in [2.05, 4.69) is 15.4 Å². The first-order valence-electron chi connectivity index (χ1n) is 8.56. The summed E-state index contributed by atoms with van der Waals surface area (Å²) in [7, 11) is 0. The molecule has 0 saturated heterocycles. The SMILES string of the molecule is Cc1c(C(=O)NCc2ccccc2)cnc2cc(-c3ccccc3Cl)nn12. The van der Waals surface area contributed by atoms with Crippen molar-refractivity contribution in [3.63, 3.8) is 0 Å². The zero-order chi connectivity index (χ0) is 18.8. The number of hydrogen-bond acceptors (Lipinski definition) is 3. The molecule has 27 heavy (non-hydrogen) atoms. The maximum atomic E-state index is 12.6. The van der Waals surface area contributed by atoms with Gasteiger partial charge in [-0.1, -0.05) is 60.1 Å². The molecule has 134 valence electrons. The molecule has 0 aliphatic rings. The van der Waals surface area contributed by atoms with Crippen molar-refractivity contribution in [2.45, 2.75) is 13.5 Å². The molecule has 0 aliphatic heterocycles. The van der Waals surface area contributed by atoms with Crippen LogP contribution in [0.25, 0.3) is 16.9 Å². The van der Waals surface area contributed by atoms with Gasteiger partial charge >= 0.3 is 0 Å². The molecule has 0 aliphatic carbocycles.